The van der Waals surface area contributed by atoms with Gasteiger partial charge in [0, 0.05) is 30.7 Å². The average molecular weight is 261 g/mol. The zero-order valence-corrected chi connectivity index (χ0v) is 13.0. The minimum Gasteiger partial charge on any atom is -0.357 e. The molecule has 1 aliphatic carbocycles. The second-order valence-electron chi connectivity index (χ2n) is 6.59. The molecule has 0 aromatic carbocycles. The first kappa shape index (κ1) is 14.3. The first-order chi connectivity index (χ1) is 8.91. The quantitative estimate of drug-likeness (QED) is 0.883. The van der Waals surface area contributed by atoms with Crippen LogP contribution in [0.5, 0.6) is 0 Å². The molecule has 1 N–H and O–H groups in total. The van der Waals surface area contributed by atoms with Crippen molar-refractivity contribution in [2.75, 3.05) is 18.5 Å². The van der Waals surface area contributed by atoms with E-state index >= 15 is 0 Å². The molecule has 1 saturated carbocycles. The number of hydrogen-bond donors (Lipinski definition) is 1. The molecule has 0 radical (unpaired) electrons. The Hall–Kier alpha value is -1.09. The highest BCUT2D eigenvalue weighted by atomic mass is 15.2. The summed E-state index contributed by atoms with van der Waals surface area (Å²) in [7, 11) is 2.17. The summed E-state index contributed by atoms with van der Waals surface area (Å²) in [6, 6.07) is 5.18. The van der Waals surface area contributed by atoms with Gasteiger partial charge in [0.2, 0.25) is 0 Å². The van der Waals surface area contributed by atoms with Crippen molar-refractivity contribution in [3.05, 3.63) is 23.4 Å². The third kappa shape index (κ3) is 3.69. The molecule has 19 heavy (non-hydrogen) atoms. The second-order valence-corrected chi connectivity index (χ2v) is 6.59. The highest BCUT2D eigenvalue weighted by molar-refractivity contribution is 5.45. The molecule has 1 heterocycles. The standard InChI is InChI=1S/C16H27N3/c1-6-17-11-12-9-14(16(2,3)4)18-15(10-12)19(5)13-7-8-13/h9-10,13,17H,6-8,11H2,1-5H3. The SMILES string of the molecule is CCNCc1cc(N(C)C2CC2)nc(C(C)(C)C)c1. The van der Waals surface area contributed by atoms with E-state index < -0.39 is 0 Å². The number of nitrogens with zero attached hydrogens (tertiary/aromatic N) is 2. The van der Waals surface area contributed by atoms with E-state index in [9.17, 15) is 0 Å². The molecule has 0 saturated heterocycles. The lowest BCUT2D eigenvalue weighted by atomic mass is 9.90. The van der Waals surface area contributed by atoms with Crippen molar-refractivity contribution in [2.45, 2.75) is 58.5 Å². The van der Waals surface area contributed by atoms with Crippen LogP contribution < -0.4 is 10.2 Å². The molecule has 0 aliphatic heterocycles. The Morgan fingerprint density at radius 1 is 1.32 bits per heavy atom. The van der Waals surface area contributed by atoms with Crippen LogP contribution in [0.25, 0.3) is 0 Å². The molecular formula is C16H27N3. The third-order valence-electron chi connectivity index (χ3n) is 3.68. The summed E-state index contributed by atoms with van der Waals surface area (Å²) in [5.74, 6) is 1.13. The van der Waals surface area contributed by atoms with E-state index in [1.165, 1.54) is 24.1 Å². The lowest BCUT2D eigenvalue weighted by molar-refractivity contribution is 0.566. The van der Waals surface area contributed by atoms with Gasteiger partial charge in [-0.2, -0.15) is 0 Å². The first-order valence-electron chi connectivity index (χ1n) is 7.37. The fourth-order valence-corrected chi connectivity index (χ4v) is 2.16. The summed E-state index contributed by atoms with van der Waals surface area (Å²) in [4.78, 5) is 7.21. The molecule has 0 amide bonds. The summed E-state index contributed by atoms with van der Waals surface area (Å²) >= 11 is 0. The lowest BCUT2D eigenvalue weighted by Gasteiger charge is -2.24. The van der Waals surface area contributed by atoms with Crippen molar-refractivity contribution in [2.24, 2.45) is 0 Å². The Kier molecular flexibility index (Phi) is 4.14. The zero-order valence-electron chi connectivity index (χ0n) is 13.0. The molecule has 1 aromatic heterocycles. The van der Waals surface area contributed by atoms with Gasteiger partial charge in [-0.05, 0) is 37.1 Å². The maximum absolute atomic E-state index is 4.87. The van der Waals surface area contributed by atoms with Gasteiger partial charge in [-0.1, -0.05) is 27.7 Å². The van der Waals surface area contributed by atoms with E-state index in [0.29, 0.717) is 6.04 Å². The fourth-order valence-electron chi connectivity index (χ4n) is 2.16. The minimum atomic E-state index is 0.0986. The molecule has 0 spiro atoms. The normalized spacial score (nSPS) is 15.6. The number of hydrogen-bond acceptors (Lipinski definition) is 3. The third-order valence-corrected chi connectivity index (χ3v) is 3.68. The predicted octanol–water partition coefficient (Wildman–Crippen LogP) is 3.09. The monoisotopic (exact) mass is 261 g/mol. The van der Waals surface area contributed by atoms with Gasteiger partial charge < -0.3 is 10.2 Å². The number of nitrogens with one attached hydrogen (secondary N) is 1. The van der Waals surface area contributed by atoms with E-state index in [1.807, 2.05) is 0 Å². The molecule has 106 valence electrons. The van der Waals surface area contributed by atoms with Gasteiger partial charge in [0.15, 0.2) is 0 Å². The van der Waals surface area contributed by atoms with Crippen LogP contribution in [-0.2, 0) is 12.0 Å². The molecule has 3 nitrogen and oxygen atoms in total. The predicted molar refractivity (Wildman–Crippen MR) is 81.7 cm³/mol. The Balaban J connectivity index is 2.30. The molecule has 0 atom stereocenters. The first-order valence-corrected chi connectivity index (χ1v) is 7.37. The van der Waals surface area contributed by atoms with Crippen molar-refractivity contribution < 1.29 is 0 Å². The van der Waals surface area contributed by atoms with Crippen LogP contribution in [0.4, 0.5) is 5.82 Å². The number of aromatic nitrogens is 1. The number of pyridine rings is 1. The second kappa shape index (κ2) is 5.49. The van der Waals surface area contributed by atoms with Gasteiger partial charge in [-0.15, -0.1) is 0 Å². The van der Waals surface area contributed by atoms with Crippen LogP contribution in [-0.4, -0.2) is 24.6 Å². The molecule has 1 fully saturated rings. The molecular weight excluding hydrogens is 234 g/mol. The van der Waals surface area contributed by atoms with Gasteiger partial charge >= 0.3 is 0 Å². The van der Waals surface area contributed by atoms with Crippen LogP contribution in [0.3, 0.4) is 0 Å². The van der Waals surface area contributed by atoms with E-state index in [4.69, 9.17) is 4.98 Å². The van der Waals surface area contributed by atoms with E-state index in [0.717, 1.165) is 18.9 Å². The molecule has 1 aliphatic rings. The largest absolute Gasteiger partial charge is 0.357 e. The van der Waals surface area contributed by atoms with Crippen molar-refractivity contribution >= 4 is 5.82 Å². The topological polar surface area (TPSA) is 28.2 Å². The Bertz CT molecular complexity index is 430. The highest BCUT2D eigenvalue weighted by Crippen LogP contribution is 2.31. The Labute approximate surface area is 117 Å². The van der Waals surface area contributed by atoms with Crippen LogP contribution in [0.1, 0.15) is 51.8 Å². The molecule has 2 rings (SSSR count). The van der Waals surface area contributed by atoms with Gasteiger partial charge in [-0.3, -0.25) is 0 Å². The Morgan fingerprint density at radius 2 is 2.00 bits per heavy atom. The number of anilines is 1. The maximum Gasteiger partial charge on any atom is 0.129 e. The Morgan fingerprint density at radius 3 is 2.53 bits per heavy atom. The van der Waals surface area contributed by atoms with Crippen LogP contribution in [0.15, 0.2) is 12.1 Å². The van der Waals surface area contributed by atoms with Gasteiger partial charge in [0.25, 0.3) is 0 Å². The van der Waals surface area contributed by atoms with E-state index in [1.54, 1.807) is 0 Å². The van der Waals surface area contributed by atoms with Crippen molar-refractivity contribution in [1.29, 1.82) is 0 Å². The number of rotatable bonds is 5. The van der Waals surface area contributed by atoms with E-state index in [2.05, 4.69) is 57.1 Å². The van der Waals surface area contributed by atoms with E-state index in [-0.39, 0.29) is 5.41 Å². The zero-order chi connectivity index (χ0) is 14.0. The van der Waals surface area contributed by atoms with Crippen LogP contribution in [0, 0.1) is 0 Å². The highest BCUT2D eigenvalue weighted by Gasteiger charge is 2.28. The maximum atomic E-state index is 4.87. The molecule has 3 heteroatoms. The summed E-state index contributed by atoms with van der Waals surface area (Å²) in [6.07, 6.45) is 2.61. The minimum absolute atomic E-state index is 0.0986. The molecule has 0 unspecified atom stereocenters. The molecule has 0 bridgehead atoms. The van der Waals surface area contributed by atoms with Crippen molar-refractivity contribution in [3.8, 4) is 0 Å². The van der Waals surface area contributed by atoms with Gasteiger partial charge in [-0.25, -0.2) is 4.98 Å². The summed E-state index contributed by atoms with van der Waals surface area (Å²) < 4.78 is 0. The van der Waals surface area contributed by atoms with Gasteiger partial charge in [0.1, 0.15) is 5.82 Å². The van der Waals surface area contributed by atoms with Crippen molar-refractivity contribution in [3.63, 3.8) is 0 Å². The summed E-state index contributed by atoms with van der Waals surface area (Å²) in [6.45, 7) is 10.8. The summed E-state index contributed by atoms with van der Waals surface area (Å²) in [5, 5.41) is 3.41. The van der Waals surface area contributed by atoms with Crippen LogP contribution in [0.2, 0.25) is 0 Å². The molecule has 1 aromatic rings. The fraction of sp³-hybridized carbons (Fsp3) is 0.688. The smallest absolute Gasteiger partial charge is 0.129 e. The average Bonchev–Trinajstić information content (AvgIpc) is 3.18. The van der Waals surface area contributed by atoms with Crippen molar-refractivity contribution in [1.82, 2.24) is 10.3 Å². The lowest BCUT2D eigenvalue weighted by Crippen LogP contribution is -2.24. The van der Waals surface area contributed by atoms with Gasteiger partial charge in [0.05, 0.1) is 0 Å². The van der Waals surface area contributed by atoms with Crippen LogP contribution >= 0.6 is 0 Å². The summed E-state index contributed by atoms with van der Waals surface area (Å²) in [5.41, 5.74) is 2.62.